The lowest BCUT2D eigenvalue weighted by Crippen LogP contribution is -2.53. The number of hydrogen-bond donors (Lipinski definition) is 0. The van der Waals surface area contributed by atoms with Crippen molar-refractivity contribution >= 4 is 23.2 Å². The van der Waals surface area contributed by atoms with E-state index in [2.05, 4.69) is 0 Å². The summed E-state index contributed by atoms with van der Waals surface area (Å²) < 4.78 is 9.95. The average molecular weight is 283 g/mol. The highest BCUT2D eigenvalue weighted by Gasteiger charge is 2.33. The van der Waals surface area contributed by atoms with Crippen LogP contribution in [0.4, 0.5) is 0 Å². The first-order valence-electron chi connectivity index (χ1n) is 6.20. The van der Waals surface area contributed by atoms with Gasteiger partial charge in [0.1, 0.15) is 0 Å². The number of amides is 1. The van der Waals surface area contributed by atoms with Gasteiger partial charge in [-0.05, 0) is 17.9 Å². The molecule has 0 saturated carbocycles. The lowest BCUT2D eigenvalue weighted by molar-refractivity contribution is -0.160. The van der Waals surface area contributed by atoms with E-state index in [-0.39, 0.29) is 12.5 Å². The number of esters is 1. The molecule has 2 heterocycles. The van der Waals surface area contributed by atoms with Gasteiger partial charge >= 0.3 is 5.97 Å². The molecule has 1 unspecified atom stereocenters. The van der Waals surface area contributed by atoms with Gasteiger partial charge in [-0.25, -0.2) is 4.79 Å². The number of methoxy groups -OCH3 is 1. The Morgan fingerprint density at radius 1 is 1.58 bits per heavy atom. The molecule has 1 aromatic heterocycles. The number of carbonyl (C=O) groups is 2. The smallest absolute Gasteiger partial charge is 0.331 e. The van der Waals surface area contributed by atoms with Crippen molar-refractivity contribution in [2.75, 3.05) is 26.9 Å². The van der Waals surface area contributed by atoms with E-state index >= 15 is 0 Å². The number of aryl methyl sites for hydroxylation is 1. The predicted molar refractivity (Wildman–Crippen MR) is 71.0 cm³/mol. The third kappa shape index (κ3) is 3.54. The number of nitrogens with zero attached hydrogens (tertiary/aromatic N) is 1. The maximum Gasteiger partial charge on any atom is 0.331 e. The van der Waals surface area contributed by atoms with Gasteiger partial charge in [0.25, 0.3) is 0 Å². The zero-order valence-electron chi connectivity index (χ0n) is 10.8. The van der Waals surface area contributed by atoms with Crippen LogP contribution in [0.5, 0.6) is 0 Å². The van der Waals surface area contributed by atoms with Crippen molar-refractivity contribution < 1.29 is 19.1 Å². The van der Waals surface area contributed by atoms with Gasteiger partial charge < -0.3 is 14.4 Å². The van der Waals surface area contributed by atoms with Crippen LogP contribution in [0.25, 0.3) is 0 Å². The van der Waals surface area contributed by atoms with Gasteiger partial charge in [0, 0.05) is 17.8 Å². The normalized spacial score (nSPS) is 19.2. The molecule has 2 rings (SSSR count). The van der Waals surface area contributed by atoms with Crippen molar-refractivity contribution in [2.45, 2.75) is 18.9 Å². The molecule has 0 N–H and O–H groups in total. The Morgan fingerprint density at radius 2 is 2.42 bits per heavy atom. The first-order chi connectivity index (χ1) is 9.22. The summed E-state index contributed by atoms with van der Waals surface area (Å²) in [7, 11) is 1.32. The molecule has 19 heavy (non-hydrogen) atoms. The molecule has 0 bridgehead atoms. The van der Waals surface area contributed by atoms with Crippen molar-refractivity contribution in [3.05, 3.63) is 22.4 Å². The molecule has 1 atom stereocenters. The Labute approximate surface area is 116 Å². The van der Waals surface area contributed by atoms with Gasteiger partial charge in [-0.3, -0.25) is 4.79 Å². The van der Waals surface area contributed by atoms with Crippen LogP contribution in [0.15, 0.2) is 17.5 Å². The quantitative estimate of drug-likeness (QED) is 0.776. The molecule has 1 fully saturated rings. The first kappa shape index (κ1) is 14.0. The summed E-state index contributed by atoms with van der Waals surface area (Å²) in [6.07, 6.45) is 1.12. The zero-order valence-corrected chi connectivity index (χ0v) is 11.6. The highest BCUT2D eigenvalue weighted by Crippen LogP contribution is 2.15. The van der Waals surface area contributed by atoms with Gasteiger partial charge in [-0.1, -0.05) is 6.07 Å². The minimum absolute atomic E-state index is 0.0212. The molecule has 1 aliphatic heterocycles. The van der Waals surface area contributed by atoms with E-state index in [4.69, 9.17) is 9.47 Å². The van der Waals surface area contributed by atoms with Crippen molar-refractivity contribution in [1.82, 2.24) is 4.90 Å². The molecule has 1 aromatic rings. The first-order valence-corrected chi connectivity index (χ1v) is 7.07. The molecule has 1 aliphatic rings. The predicted octanol–water partition coefficient (Wildman–Crippen LogP) is 1.08. The van der Waals surface area contributed by atoms with Gasteiger partial charge in [0.2, 0.25) is 5.91 Å². The number of ether oxygens (including phenoxy) is 2. The molecule has 0 aromatic carbocycles. The van der Waals surface area contributed by atoms with E-state index in [1.54, 1.807) is 16.2 Å². The summed E-state index contributed by atoms with van der Waals surface area (Å²) in [6.45, 7) is 1.14. The van der Waals surface area contributed by atoms with Crippen LogP contribution in [0.1, 0.15) is 11.3 Å². The van der Waals surface area contributed by atoms with Crippen LogP contribution in [-0.2, 0) is 25.5 Å². The Morgan fingerprint density at radius 3 is 3.11 bits per heavy atom. The monoisotopic (exact) mass is 283 g/mol. The lowest BCUT2D eigenvalue weighted by Gasteiger charge is -2.33. The van der Waals surface area contributed by atoms with E-state index in [1.807, 2.05) is 17.5 Å². The highest BCUT2D eigenvalue weighted by molar-refractivity contribution is 7.09. The van der Waals surface area contributed by atoms with Crippen molar-refractivity contribution in [3.63, 3.8) is 0 Å². The summed E-state index contributed by atoms with van der Waals surface area (Å²) in [5, 5.41) is 1.99. The number of carbonyl (C=O) groups excluding carboxylic acids is 2. The molecular weight excluding hydrogens is 266 g/mol. The average Bonchev–Trinajstić information content (AvgIpc) is 2.97. The SMILES string of the molecule is COC(=O)C1COCCN1C(=O)CCc1cccs1. The van der Waals surface area contributed by atoms with E-state index in [0.29, 0.717) is 26.0 Å². The maximum atomic E-state index is 12.2. The van der Waals surface area contributed by atoms with Crippen molar-refractivity contribution in [2.24, 2.45) is 0 Å². The van der Waals surface area contributed by atoms with Gasteiger partial charge in [-0.2, -0.15) is 0 Å². The molecule has 0 radical (unpaired) electrons. The second-order valence-corrected chi connectivity index (χ2v) is 5.31. The Kier molecular flexibility index (Phi) is 4.93. The standard InChI is InChI=1S/C13H17NO4S/c1-17-13(16)11-9-18-7-6-14(11)12(15)5-4-10-3-2-8-19-10/h2-3,8,11H,4-7,9H2,1H3. The van der Waals surface area contributed by atoms with E-state index in [9.17, 15) is 9.59 Å². The minimum atomic E-state index is -0.602. The second-order valence-electron chi connectivity index (χ2n) is 4.28. The number of thiophene rings is 1. The van der Waals surface area contributed by atoms with Crippen LogP contribution in [0.3, 0.4) is 0 Å². The van der Waals surface area contributed by atoms with Crippen LogP contribution in [-0.4, -0.2) is 49.7 Å². The Balaban J connectivity index is 1.93. The molecule has 0 spiro atoms. The van der Waals surface area contributed by atoms with Crippen LogP contribution in [0, 0.1) is 0 Å². The molecule has 1 amide bonds. The van der Waals surface area contributed by atoms with Crippen LogP contribution >= 0.6 is 11.3 Å². The zero-order chi connectivity index (χ0) is 13.7. The maximum absolute atomic E-state index is 12.2. The molecule has 6 heteroatoms. The van der Waals surface area contributed by atoms with Crippen molar-refractivity contribution in [3.8, 4) is 0 Å². The molecular formula is C13H17NO4S. The van der Waals surface area contributed by atoms with E-state index in [1.165, 1.54) is 12.0 Å². The third-order valence-electron chi connectivity index (χ3n) is 3.09. The summed E-state index contributed by atoms with van der Waals surface area (Å²) in [4.78, 5) is 26.6. The van der Waals surface area contributed by atoms with Crippen LogP contribution < -0.4 is 0 Å². The summed E-state index contributed by atoms with van der Waals surface area (Å²) in [6, 6.07) is 3.38. The Hall–Kier alpha value is -1.40. The second kappa shape index (κ2) is 6.68. The fourth-order valence-corrected chi connectivity index (χ4v) is 2.77. The summed E-state index contributed by atoms with van der Waals surface area (Å²) in [5.74, 6) is -0.434. The fraction of sp³-hybridized carbons (Fsp3) is 0.538. The number of rotatable bonds is 4. The summed E-state index contributed by atoms with van der Waals surface area (Å²) >= 11 is 1.64. The molecule has 1 saturated heterocycles. The van der Waals surface area contributed by atoms with Crippen molar-refractivity contribution in [1.29, 1.82) is 0 Å². The van der Waals surface area contributed by atoms with Gasteiger partial charge in [-0.15, -0.1) is 11.3 Å². The molecule has 104 valence electrons. The molecule has 0 aliphatic carbocycles. The Bertz CT molecular complexity index is 432. The van der Waals surface area contributed by atoms with Crippen LogP contribution in [0.2, 0.25) is 0 Å². The number of hydrogen-bond acceptors (Lipinski definition) is 5. The fourth-order valence-electron chi connectivity index (χ4n) is 2.06. The highest BCUT2D eigenvalue weighted by atomic mass is 32.1. The lowest BCUT2D eigenvalue weighted by atomic mass is 10.2. The number of morpholine rings is 1. The largest absolute Gasteiger partial charge is 0.467 e. The third-order valence-corrected chi connectivity index (χ3v) is 4.02. The van der Waals surface area contributed by atoms with E-state index in [0.717, 1.165) is 0 Å². The minimum Gasteiger partial charge on any atom is -0.467 e. The molecule has 5 nitrogen and oxygen atoms in total. The van der Waals surface area contributed by atoms with E-state index < -0.39 is 12.0 Å². The van der Waals surface area contributed by atoms with Gasteiger partial charge in [0.15, 0.2) is 6.04 Å². The van der Waals surface area contributed by atoms with Gasteiger partial charge in [0.05, 0.1) is 20.3 Å². The summed E-state index contributed by atoms with van der Waals surface area (Å²) in [5.41, 5.74) is 0. The topological polar surface area (TPSA) is 55.8 Å².